The molecule has 0 saturated heterocycles. The van der Waals surface area contributed by atoms with Crippen molar-refractivity contribution in [2.45, 2.75) is 46.0 Å². The monoisotopic (exact) mass is 392 g/mol. The van der Waals surface area contributed by atoms with Gasteiger partial charge >= 0.3 is 0 Å². The molecular formula is C24H28N2OS. The molecule has 0 fully saturated rings. The molecule has 0 unspecified atom stereocenters. The maximum absolute atomic E-state index is 13.3. The van der Waals surface area contributed by atoms with Crippen LogP contribution in [0.25, 0.3) is 0 Å². The molecule has 0 bridgehead atoms. The smallest absolute Gasteiger partial charge is 0.232 e. The number of anilines is 1. The summed E-state index contributed by atoms with van der Waals surface area (Å²) in [5.74, 6) is -0.0861. The van der Waals surface area contributed by atoms with Crippen LogP contribution in [0.2, 0.25) is 0 Å². The number of amides is 1. The molecule has 146 valence electrons. The van der Waals surface area contributed by atoms with Gasteiger partial charge in [-0.3, -0.25) is 4.79 Å². The lowest BCUT2D eigenvalue weighted by atomic mass is 9.70. The van der Waals surface area contributed by atoms with Crippen molar-refractivity contribution in [2.24, 2.45) is 5.41 Å². The van der Waals surface area contributed by atoms with E-state index in [1.165, 1.54) is 11.3 Å². The molecule has 0 aliphatic rings. The molecule has 4 heteroatoms. The number of carbonyl (C=O) groups is 1. The average Bonchev–Trinajstić information content (AvgIpc) is 3.12. The van der Waals surface area contributed by atoms with Crippen LogP contribution in [-0.2, 0) is 10.2 Å². The number of hydrogen-bond acceptors (Lipinski definition) is 3. The van der Waals surface area contributed by atoms with Crippen molar-refractivity contribution >= 4 is 22.4 Å². The molecule has 0 radical (unpaired) electrons. The predicted octanol–water partition coefficient (Wildman–Crippen LogP) is 6.24. The molecule has 0 aliphatic carbocycles. The lowest BCUT2D eigenvalue weighted by Crippen LogP contribution is -2.37. The van der Waals surface area contributed by atoms with Crippen LogP contribution in [0, 0.1) is 5.41 Å². The first kappa shape index (κ1) is 20.3. The van der Waals surface area contributed by atoms with Crippen molar-refractivity contribution in [3.8, 4) is 0 Å². The zero-order valence-corrected chi connectivity index (χ0v) is 18.0. The lowest BCUT2D eigenvalue weighted by molar-refractivity contribution is -0.124. The Morgan fingerprint density at radius 2 is 1.39 bits per heavy atom. The molecule has 3 rings (SSSR count). The second-order valence-corrected chi connectivity index (χ2v) is 9.58. The molecule has 28 heavy (non-hydrogen) atoms. The molecule has 0 atom stereocenters. The van der Waals surface area contributed by atoms with Crippen LogP contribution >= 0.6 is 11.3 Å². The van der Waals surface area contributed by atoms with E-state index in [9.17, 15) is 4.79 Å². The number of carbonyl (C=O) groups excluding carboxylic acids is 1. The maximum atomic E-state index is 13.3. The summed E-state index contributed by atoms with van der Waals surface area (Å²) in [4.78, 5) is 18.0. The SMILES string of the molecule is CC(C)(C)c1csc(NC(=O)C(C)(C)C(c2ccccc2)c2ccccc2)n1. The van der Waals surface area contributed by atoms with E-state index in [2.05, 4.69) is 55.3 Å². The molecule has 3 nitrogen and oxygen atoms in total. The van der Waals surface area contributed by atoms with Gasteiger partial charge in [0.1, 0.15) is 0 Å². The van der Waals surface area contributed by atoms with Crippen molar-refractivity contribution in [1.29, 1.82) is 0 Å². The van der Waals surface area contributed by atoms with E-state index in [0.717, 1.165) is 16.8 Å². The van der Waals surface area contributed by atoms with Gasteiger partial charge in [-0.2, -0.15) is 0 Å². The third kappa shape index (κ3) is 4.33. The highest BCUT2D eigenvalue weighted by atomic mass is 32.1. The minimum Gasteiger partial charge on any atom is -0.301 e. The maximum Gasteiger partial charge on any atom is 0.232 e. The van der Waals surface area contributed by atoms with E-state index in [-0.39, 0.29) is 17.2 Å². The number of rotatable bonds is 5. The van der Waals surface area contributed by atoms with Crippen LogP contribution in [0.15, 0.2) is 66.0 Å². The van der Waals surface area contributed by atoms with Crippen molar-refractivity contribution < 1.29 is 4.79 Å². The van der Waals surface area contributed by atoms with Crippen LogP contribution in [0.4, 0.5) is 5.13 Å². The second-order valence-electron chi connectivity index (χ2n) is 8.72. The molecule has 0 spiro atoms. The van der Waals surface area contributed by atoms with Gasteiger partial charge in [0.05, 0.1) is 11.1 Å². The molecule has 1 heterocycles. The van der Waals surface area contributed by atoms with Gasteiger partial charge in [0.15, 0.2) is 5.13 Å². The minimum atomic E-state index is -0.656. The van der Waals surface area contributed by atoms with E-state index in [1.807, 2.05) is 55.6 Å². The highest BCUT2D eigenvalue weighted by Crippen LogP contribution is 2.42. The fourth-order valence-corrected chi connectivity index (χ4v) is 4.31. The Hall–Kier alpha value is -2.46. The summed E-state index contributed by atoms with van der Waals surface area (Å²) in [6.07, 6.45) is 0. The number of hydrogen-bond donors (Lipinski definition) is 1. The Bertz CT molecular complexity index is 884. The van der Waals surface area contributed by atoms with Gasteiger partial charge in [-0.1, -0.05) is 95.3 Å². The van der Waals surface area contributed by atoms with Gasteiger partial charge in [0.2, 0.25) is 5.91 Å². The largest absolute Gasteiger partial charge is 0.301 e. The predicted molar refractivity (Wildman–Crippen MR) is 118 cm³/mol. The Balaban J connectivity index is 1.93. The number of benzene rings is 2. The highest BCUT2D eigenvalue weighted by molar-refractivity contribution is 7.14. The van der Waals surface area contributed by atoms with Crippen LogP contribution < -0.4 is 5.32 Å². The van der Waals surface area contributed by atoms with Crippen molar-refractivity contribution in [3.05, 3.63) is 82.9 Å². The summed E-state index contributed by atoms with van der Waals surface area (Å²) in [5, 5.41) is 5.74. The Morgan fingerprint density at radius 1 is 0.893 bits per heavy atom. The summed E-state index contributed by atoms with van der Waals surface area (Å²) >= 11 is 1.48. The standard InChI is InChI=1S/C24H28N2OS/c1-23(2,3)19-16-28-22(25-19)26-21(27)24(4,5)20(17-12-8-6-9-13-17)18-14-10-7-11-15-18/h6-16,20H,1-5H3,(H,25,26,27). The van der Waals surface area contributed by atoms with Gasteiger partial charge in [0.25, 0.3) is 0 Å². The normalized spacial score (nSPS) is 12.2. The number of nitrogens with one attached hydrogen (secondary N) is 1. The van der Waals surface area contributed by atoms with Crippen molar-refractivity contribution in [2.75, 3.05) is 5.32 Å². The van der Waals surface area contributed by atoms with E-state index >= 15 is 0 Å². The van der Waals surface area contributed by atoms with Gasteiger partial charge in [-0.25, -0.2) is 4.98 Å². The third-order valence-corrected chi connectivity index (χ3v) is 5.82. The summed E-state index contributed by atoms with van der Waals surface area (Å²) in [6.45, 7) is 10.4. The topological polar surface area (TPSA) is 42.0 Å². The molecule has 1 amide bonds. The Labute approximate surface area is 171 Å². The van der Waals surface area contributed by atoms with Crippen molar-refractivity contribution in [1.82, 2.24) is 4.98 Å². The van der Waals surface area contributed by atoms with E-state index in [1.54, 1.807) is 0 Å². The molecule has 1 N–H and O–H groups in total. The first-order valence-corrected chi connectivity index (χ1v) is 10.4. The number of nitrogens with zero attached hydrogens (tertiary/aromatic N) is 1. The summed E-state index contributed by atoms with van der Waals surface area (Å²) in [5.41, 5.74) is 2.56. The second kappa shape index (κ2) is 7.88. The molecule has 1 aromatic heterocycles. The quantitative estimate of drug-likeness (QED) is 0.558. The number of aromatic nitrogens is 1. The average molecular weight is 393 g/mol. The van der Waals surface area contributed by atoms with Gasteiger partial charge in [-0.05, 0) is 11.1 Å². The Kier molecular flexibility index (Phi) is 5.71. The van der Waals surface area contributed by atoms with E-state index in [0.29, 0.717) is 5.13 Å². The molecular weight excluding hydrogens is 364 g/mol. The van der Waals surface area contributed by atoms with Gasteiger partial charge in [-0.15, -0.1) is 11.3 Å². The van der Waals surface area contributed by atoms with Crippen LogP contribution in [-0.4, -0.2) is 10.9 Å². The van der Waals surface area contributed by atoms with E-state index in [4.69, 9.17) is 0 Å². The molecule has 3 aromatic rings. The van der Waals surface area contributed by atoms with Crippen LogP contribution in [0.1, 0.15) is 57.4 Å². The van der Waals surface area contributed by atoms with Crippen LogP contribution in [0.3, 0.4) is 0 Å². The van der Waals surface area contributed by atoms with Gasteiger partial charge < -0.3 is 5.32 Å². The fourth-order valence-electron chi connectivity index (χ4n) is 3.38. The van der Waals surface area contributed by atoms with Crippen molar-refractivity contribution in [3.63, 3.8) is 0 Å². The summed E-state index contributed by atoms with van der Waals surface area (Å²) in [7, 11) is 0. The number of thiazole rings is 1. The zero-order chi connectivity index (χ0) is 20.4. The minimum absolute atomic E-state index is 0.0278. The summed E-state index contributed by atoms with van der Waals surface area (Å²) in [6, 6.07) is 20.5. The lowest BCUT2D eigenvalue weighted by Gasteiger charge is -2.33. The summed E-state index contributed by atoms with van der Waals surface area (Å²) < 4.78 is 0. The first-order chi connectivity index (χ1) is 13.2. The van der Waals surface area contributed by atoms with Gasteiger partial charge in [0, 0.05) is 16.7 Å². The zero-order valence-electron chi connectivity index (χ0n) is 17.2. The molecule has 2 aromatic carbocycles. The highest BCUT2D eigenvalue weighted by Gasteiger charge is 2.39. The first-order valence-electron chi connectivity index (χ1n) is 9.57. The van der Waals surface area contributed by atoms with Crippen LogP contribution in [0.5, 0.6) is 0 Å². The molecule has 0 saturated carbocycles. The molecule has 0 aliphatic heterocycles. The third-order valence-electron chi connectivity index (χ3n) is 5.07. The van der Waals surface area contributed by atoms with E-state index < -0.39 is 5.41 Å². The Morgan fingerprint density at radius 3 is 1.82 bits per heavy atom. The fraction of sp³-hybridized carbons (Fsp3) is 0.333.